The summed E-state index contributed by atoms with van der Waals surface area (Å²) in [6, 6.07) is 6.64. The maximum atomic E-state index is 11.7. The van der Waals surface area contributed by atoms with Gasteiger partial charge in [0, 0.05) is 16.7 Å². The van der Waals surface area contributed by atoms with Crippen molar-refractivity contribution in [3.63, 3.8) is 0 Å². The minimum absolute atomic E-state index is 0.0477. The van der Waals surface area contributed by atoms with Gasteiger partial charge in [0.05, 0.1) is 17.3 Å². The topological polar surface area (TPSA) is 69.4 Å². The molecule has 0 saturated carbocycles. The second-order valence-electron chi connectivity index (χ2n) is 4.46. The third kappa shape index (κ3) is 3.10. The van der Waals surface area contributed by atoms with Crippen molar-refractivity contribution in [3.8, 4) is 11.3 Å². The number of nitrogens with zero attached hydrogens (tertiary/aromatic N) is 4. The van der Waals surface area contributed by atoms with Gasteiger partial charge in [0.25, 0.3) is 5.82 Å². The summed E-state index contributed by atoms with van der Waals surface area (Å²) in [6.45, 7) is 1.93. The summed E-state index contributed by atoms with van der Waals surface area (Å²) in [5, 5.41) is 4.97. The summed E-state index contributed by atoms with van der Waals surface area (Å²) in [6.07, 6.45) is 0. The highest BCUT2D eigenvalue weighted by atomic mass is 35.5. The molecule has 2 heterocycles. The monoisotopic (exact) mass is 370 g/mol. The van der Waals surface area contributed by atoms with Crippen LogP contribution in [0, 0.1) is 0 Å². The van der Waals surface area contributed by atoms with Crippen LogP contribution in [-0.2, 0) is 4.74 Å². The Balaban J connectivity index is 2.12. The summed E-state index contributed by atoms with van der Waals surface area (Å²) in [5.41, 5.74) is 1.49. The molecule has 23 heavy (non-hydrogen) atoms. The highest BCUT2D eigenvalue weighted by Gasteiger charge is 2.17. The Kier molecular flexibility index (Phi) is 4.39. The second-order valence-corrected chi connectivity index (χ2v) is 5.64. The van der Waals surface area contributed by atoms with Crippen molar-refractivity contribution in [2.45, 2.75) is 6.92 Å². The number of halogens is 3. The molecular weight excluding hydrogens is 363 g/mol. The van der Waals surface area contributed by atoms with Crippen molar-refractivity contribution in [1.82, 2.24) is 19.6 Å². The van der Waals surface area contributed by atoms with Crippen LogP contribution in [0.2, 0.25) is 15.3 Å². The normalized spacial score (nSPS) is 11.0. The number of carbonyl (C=O) groups excluding carboxylic acids is 1. The SMILES string of the molecule is CCOC(=O)c1nc2cc(-c3ccc(Cl)cc3Cl)nc(Cl)n2n1. The molecule has 2 aromatic heterocycles. The maximum absolute atomic E-state index is 11.7. The maximum Gasteiger partial charge on any atom is 0.378 e. The van der Waals surface area contributed by atoms with Crippen LogP contribution < -0.4 is 0 Å². The molecule has 0 spiro atoms. The number of hydrogen-bond acceptors (Lipinski definition) is 5. The molecule has 0 fully saturated rings. The van der Waals surface area contributed by atoms with Crippen LogP contribution in [0.4, 0.5) is 0 Å². The van der Waals surface area contributed by atoms with Crippen LogP contribution >= 0.6 is 34.8 Å². The van der Waals surface area contributed by atoms with Crippen molar-refractivity contribution < 1.29 is 9.53 Å². The summed E-state index contributed by atoms with van der Waals surface area (Å²) in [7, 11) is 0. The lowest BCUT2D eigenvalue weighted by Gasteiger charge is -2.05. The van der Waals surface area contributed by atoms with Crippen LogP contribution in [0.15, 0.2) is 24.3 Å². The molecule has 0 unspecified atom stereocenters. The molecule has 1 aromatic carbocycles. The van der Waals surface area contributed by atoms with E-state index in [1.165, 1.54) is 4.52 Å². The van der Waals surface area contributed by atoms with E-state index in [-0.39, 0.29) is 17.7 Å². The first-order valence-electron chi connectivity index (χ1n) is 6.55. The van der Waals surface area contributed by atoms with Crippen molar-refractivity contribution in [3.05, 3.63) is 45.4 Å². The third-order valence-corrected chi connectivity index (χ3v) is 3.74. The van der Waals surface area contributed by atoms with Crippen LogP contribution in [0.3, 0.4) is 0 Å². The number of fused-ring (bicyclic) bond motifs is 1. The molecule has 9 heteroatoms. The van der Waals surface area contributed by atoms with Crippen LogP contribution in [0.25, 0.3) is 16.9 Å². The van der Waals surface area contributed by atoms with E-state index in [9.17, 15) is 4.79 Å². The Hall–Kier alpha value is -1.89. The molecule has 0 radical (unpaired) electrons. The van der Waals surface area contributed by atoms with Gasteiger partial charge in [0.2, 0.25) is 5.28 Å². The number of aromatic nitrogens is 4. The largest absolute Gasteiger partial charge is 0.460 e. The van der Waals surface area contributed by atoms with Crippen LogP contribution in [0.5, 0.6) is 0 Å². The first kappa shape index (κ1) is 16.0. The number of ether oxygens (including phenoxy) is 1. The Morgan fingerprint density at radius 3 is 2.70 bits per heavy atom. The standard InChI is InChI=1S/C14H9Cl3N4O2/c1-2-23-13(22)12-19-11-6-10(18-14(17)21(11)20-12)8-4-3-7(15)5-9(8)16/h3-6H,2H2,1H3. The van der Waals surface area contributed by atoms with E-state index < -0.39 is 5.97 Å². The molecule has 118 valence electrons. The van der Waals surface area contributed by atoms with Crippen molar-refractivity contribution in [1.29, 1.82) is 0 Å². The molecule has 3 aromatic rings. The molecule has 0 aliphatic heterocycles. The molecule has 0 aliphatic rings. The quantitative estimate of drug-likeness (QED) is 0.515. The van der Waals surface area contributed by atoms with Gasteiger partial charge in [0.1, 0.15) is 0 Å². The third-order valence-electron chi connectivity index (χ3n) is 2.95. The van der Waals surface area contributed by atoms with E-state index in [2.05, 4.69) is 15.1 Å². The molecular formula is C14H9Cl3N4O2. The number of hydrogen-bond donors (Lipinski definition) is 0. The van der Waals surface area contributed by atoms with Gasteiger partial charge >= 0.3 is 5.97 Å². The lowest BCUT2D eigenvalue weighted by molar-refractivity contribution is 0.0512. The van der Waals surface area contributed by atoms with Gasteiger partial charge in [-0.2, -0.15) is 4.52 Å². The number of esters is 1. The average molecular weight is 372 g/mol. The number of rotatable bonds is 3. The van der Waals surface area contributed by atoms with Gasteiger partial charge in [-0.25, -0.2) is 14.8 Å². The Morgan fingerprint density at radius 2 is 2.00 bits per heavy atom. The molecule has 0 bridgehead atoms. The van der Waals surface area contributed by atoms with Gasteiger partial charge in [0.15, 0.2) is 5.65 Å². The minimum Gasteiger partial charge on any atom is -0.460 e. The zero-order valence-corrected chi connectivity index (χ0v) is 14.0. The molecule has 0 aliphatic carbocycles. The fraction of sp³-hybridized carbons (Fsp3) is 0.143. The molecule has 0 atom stereocenters. The fourth-order valence-electron chi connectivity index (χ4n) is 1.97. The Labute approximate surface area is 146 Å². The summed E-state index contributed by atoms with van der Waals surface area (Å²) >= 11 is 18.2. The van der Waals surface area contributed by atoms with Gasteiger partial charge < -0.3 is 4.74 Å². The highest BCUT2D eigenvalue weighted by Crippen LogP contribution is 2.30. The highest BCUT2D eigenvalue weighted by molar-refractivity contribution is 6.36. The lowest BCUT2D eigenvalue weighted by atomic mass is 10.1. The van der Waals surface area contributed by atoms with Crippen LogP contribution in [0.1, 0.15) is 17.5 Å². The zero-order valence-electron chi connectivity index (χ0n) is 11.8. The lowest BCUT2D eigenvalue weighted by Crippen LogP contribution is -2.07. The fourth-order valence-corrected chi connectivity index (χ4v) is 2.69. The molecule has 0 amide bonds. The molecule has 0 saturated heterocycles. The van der Waals surface area contributed by atoms with E-state index in [4.69, 9.17) is 39.5 Å². The number of carbonyl (C=O) groups is 1. The van der Waals surface area contributed by atoms with Gasteiger partial charge in [-0.3, -0.25) is 0 Å². The smallest absolute Gasteiger partial charge is 0.378 e. The summed E-state index contributed by atoms with van der Waals surface area (Å²) in [5.74, 6) is -0.715. The first-order chi connectivity index (χ1) is 11.0. The van der Waals surface area contributed by atoms with E-state index in [0.29, 0.717) is 26.9 Å². The van der Waals surface area contributed by atoms with Crippen molar-refractivity contribution >= 4 is 46.4 Å². The van der Waals surface area contributed by atoms with E-state index in [1.807, 2.05) is 0 Å². The predicted molar refractivity (Wildman–Crippen MR) is 87.2 cm³/mol. The molecule has 3 rings (SSSR count). The van der Waals surface area contributed by atoms with Crippen LogP contribution in [-0.4, -0.2) is 32.2 Å². The number of benzene rings is 1. The van der Waals surface area contributed by atoms with E-state index in [1.54, 1.807) is 31.2 Å². The zero-order chi connectivity index (χ0) is 16.6. The second kappa shape index (κ2) is 6.31. The van der Waals surface area contributed by atoms with E-state index >= 15 is 0 Å². The molecule has 6 nitrogen and oxygen atoms in total. The first-order valence-corrected chi connectivity index (χ1v) is 7.69. The van der Waals surface area contributed by atoms with Gasteiger partial charge in [-0.05, 0) is 36.7 Å². The van der Waals surface area contributed by atoms with E-state index in [0.717, 1.165) is 0 Å². The minimum atomic E-state index is -0.627. The summed E-state index contributed by atoms with van der Waals surface area (Å²) < 4.78 is 6.12. The van der Waals surface area contributed by atoms with Crippen molar-refractivity contribution in [2.75, 3.05) is 6.61 Å². The van der Waals surface area contributed by atoms with Crippen molar-refractivity contribution in [2.24, 2.45) is 0 Å². The van der Waals surface area contributed by atoms with Gasteiger partial charge in [-0.1, -0.05) is 23.2 Å². The molecule has 0 N–H and O–H groups in total. The Bertz CT molecular complexity index is 910. The predicted octanol–water partition coefficient (Wildman–Crippen LogP) is 3.93. The Morgan fingerprint density at radius 1 is 1.22 bits per heavy atom. The average Bonchev–Trinajstić information content (AvgIpc) is 2.92. The van der Waals surface area contributed by atoms with Gasteiger partial charge in [-0.15, -0.1) is 5.10 Å². The summed E-state index contributed by atoms with van der Waals surface area (Å²) in [4.78, 5) is 20.0.